The van der Waals surface area contributed by atoms with Gasteiger partial charge in [-0.25, -0.2) is 0 Å². The molecule has 0 bridgehead atoms. The maximum atomic E-state index is 12.5. The Morgan fingerprint density at radius 2 is 1.68 bits per heavy atom. The largest absolute Gasteiger partial charge is 0.307 e. The van der Waals surface area contributed by atoms with Crippen LogP contribution in [-0.4, -0.2) is 11.9 Å². The van der Waals surface area contributed by atoms with Crippen molar-refractivity contribution in [2.24, 2.45) is 0 Å². The quantitative estimate of drug-likeness (QED) is 0.711. The maximum Gasteiger partial charge on any atom is 0.236 e. The van der Waals surface area contributed by atoms with Crippen LogP contribution in [0.15, 0.2) is 54.6 Å². The van der Waals surface area contributed by atoms with Crippen LogP contribution in [0.1, 0.15) is 23.5 Å². The van der Waals surface area contributed by atoms with Gasteiger partial charge in [0.2, 0.25) is 5.91 Å². The normalized spacial score (nSPS) is 24.4. The first-order chi connectivity index (χ1) is 9.36. The standard InChI is InChI=1S/C17H15NO/c19-17-16(13-7-2-1-3-8-13)15-11-10-12-6-4-5-9-14(12)18(15)17/h1-9,15-16H,10-11H2/t15-,16-/m1/s1. The first-order valence-corrected chi connectivity index (χ1v) is 6.82. The summed E-state index contributed by atoms with van der Waals surface area (Å²) in [6.45, 7) is 0. The highest BCUT2D eigenvalue weighted by Crippen LogP contribution is 2.45. The molecule has 0 aromatic heterocycles. The second-order valence-corrected chi connectivity index (χ2v) is 5.33. The van der Waals surface area contributed by atoms with Crippen LogP contribution in [0, 0.1) is 0 Å². The first-order valence-electron chi connectivity index (χ1n) is 6.82. The summed E-state index contributed by atoms with van der Waals surface area (Å²) in [4.78, 5) is 14.5. The number of fused-ring (bicyclic) bond motifs is 3. The van der Waals surface area contributed by atoms with E-state index in [9.17, 15) is 4.79 Å². The Balaban J connectivity index is 1.72. The van der Waals surface area contributed by atoms with Crippen molar-refractivity contribution in [2.45, 2.75) is 24.8 Å². The van der Waals surface area contributed by atoms with Crippen molar-refractivity contribution in [1.82, 2.24) is 0 Å². The first kappa shape index (κ1) is 10.8. The van der Waals surface area contributed by atoms with E-state index in [1.54, 1.807) is 0 Å². The molecule has 1 saturated heterocycles. The van der Waals surface area contributed by atoms with Gasteiger partial charge in [0.25, 0.3) is 0 Å². The maximum absolute atomic E-state index is 12.5. The topological polar surface area (TPSA) is 20.3 Å². The predicted octanol–water partition coefficient (Wildman–Crippen LogP) is 3.13. The number of hydrogen-bond donors (Lipinski definition) is 0. The molecule has 2 heteroatoms. The number of benzene rings is 2. The van der Waals surface area contributed by atoms with Crippen molar-refractivity contribution in [2.75, 3.05) is 4.90 Å². The lowest BCUT2D eigenvalue weighted by Crippen LogP contribution is -2.61. The molecule has 0 N–H and O–H groups in total. The van der Waals surface area contributed by atoms with E-state index in [4.69, 9.17) is 0 Å². The molecule has 1 amide bonds. The molecule has 0 saturated carbocycles. The van der Waals surface area contributed by atoms with Gasteiger partial charge in [0.05, 0.1) is 12.0 Å². The van der Waals surface area contributed by atoms with Crippen molar-refractivity contribution >= 4 is 11.6 Å². The van der Waals surface area contributed by atoms with Crippen molar-refractivity contribution in [3.05, 3.63) is 65.7 Å². The Bertz CT molecular complexity index is 635. The number of nitrogens with zero attached hydrogens (tertiary/aromatic N) is 1. The van der Waals surface area contributed by atoms with E-state index in [1.807, 2.05) is 29.2 Å². The molecule has 2 nitrogen and oxygen atoms in total. The second kappa shape index (κ2) is 3.95. The minimum absolute atomic E-state index is 0.0644. The monoisotopic (exact) mass is 249 g/mol. The van der Waals surface area contributed by atoms with E-state index in [2.05, 4.69) is 30.3 Å². The predicted molar refractivity (Wildman–Crippen MR) is 75.2 cm³/mol. The molecule has 19 heavy (non-hydrogen) atoms. The Labute approximate surface area is 112 Å². The summed E-state index contributed by atoms with van der Waals surface area (Å²) in [6, 6.07) is 18.8. The number of hydrogen-bond acceptors (Lipinski definition) is 1. The molecule has 2 heterocycles. The van der Waals surface area contributed by atoms with Crippen molar-refractivity contribution in [3.63, 3.8) is 0 Å². The molecule has 0 radical (unpaired) electrons. The SMILES string of the molecule is O=C1[C@H](c2ccccc2)[C@H]2CCc3ccccc3N12. The van der Waals surface area contributed by atoms with Gasteiger partial charge in [-0.05, 0) is 30.0 Å². The Kier molecular flexibility index (Phi) is 2.25. The van der Waals surface area contributed by atoms with E-state index < -0.39 is 0 Å². The average molecular weight is 249 g/mol. The number of carbonyl (C=O) groups is 1. The Morgan fingerprint density at radius 3 is 2.53 bits per heavy atom. The van der Waals surface area contributed by atoms with Crippen LogP contribution in [0.25, 0.3) is 0 Å². The molecule has 94 valence electrons. The minimum atomic E-state index is 0.0644. The number of aryl methyl sites for hydroxylation is 1. The van der Waals surface area contributed by atoms with Crippen LogP contribution in [0.2, 0.25) is 0 Å². The van der Waals surface area contributed by atoms with Gasteiger partial charge in [-0.3, -0.25) is 4.79 Å². The molecule has 0 aliphatic carbocycles. The van der Waals surface area contributed by atoms with Crippen molar-refractivity contribution in [1.29, 1.82) is 0 Å². The minimum Gasteiger partial charge on any atom is -0.307 e. The molecule has 2 aliphatic heterocycles. The van der Waals surface area contributed by atoms with E-state index in [1.165, 1.54) is 5.56 Å². The highest BCUT2D eigenvalue weighted by Gasteiger charge is 2.50. The summed E-state index contributed by atoms with van der Waals surface area (Å²) in [6.07, 6.45) is 2.15. The van der Waals surface area contributed by atoms with Crippen LogP contribution >= 0.6 is 0 Å². The van der Waals surface area contributed by atoms with Gasteiger partial charge in [0, 0.05) is 5.69 Å². The third-order valence-electron chi connectivity index (χ3n) is 4.34. The summed E-state index contributed by atoms with van der Waals surface area (Å²) < 4.78 is 0. The van der Waals surface area contributed by atoms with Gasteiger partial charge in [-0.1, -0.05) is 48.5 Å². The lowest BCUT2D eigenvalue weighted by atomic mass is 9.75. The van der Waals surface area contributed by atoms with Gasteiger partial charge in [-0.2, -0.15) is 0 Å². The number of amides is 1. The summed E-state index contributed by atoms with van der Waals surface area (Å²) in [5, 5.41) is 0. The Morgan fingerprint density at radius 1 is 0.947 bits per heavy atom. The van der Waals surface area contributed by atoms with Crippen molar-refractivity contribution in [3.8, 4) is 0 Å². The molecule has 2 aromatic carbocycles. The number of para-hydroxylation sites is 1. The molecular weight excluding hydrogens is 234 g/mol. The van der Waals surface area contributed by atoms with Crippen LogP contribution in [0.3, 0.4) is 0 Å². The van der Waals surface area contributed by atoms with E-state index in [-0.39, 0.29) is 11.8 Å². The van der Waals surface area contributed by atoms with Gasteiger partial charge in [0.1, 0.15) is 0 Å². The fourth-order valence-corrected chi connectivity index (χ4v) is 3.42. The second-order valence-electron chi connectivity index (χ2n) is 5.33. The van der Waals surface area contributed by atoms with Gasteiger partial charge in [0.15, 0.2) is 0 Å². The molecule has 1 fully saturated rings. The molecule has 2 atom stereocenters. The fraction of sp³-hybridized carbons (Fsp3) is 0.235. The molecular formula is C17H15NO. The molecule has 2 aliphatic rings. The molecule has 4 rings (SSSR count). The highest BCUT2D eigenvalue weighted by molar-refractivity contribution is 6.07. The number of anilines is 1. The van der Waals surface area contributed by atoms with Crippen LogP contribution in [0.5, 0.6) is 0 Å². The molecule has 0 unspecified atom stereocenters. The Hall–Kier alpha value is -2.09. The van der Waals surface area contributed by atoms with Crippen LogP contribution in [-0.2, 0) is 11.2 Å². The number of rotatable bonds is 1. The fourth-order valence-electron chi connectivity index (χ4n) is 3.42. The lowest BCUT2D eigenvalue weighted by molar-refractivity contribution is -0.126. The molecule has 2 aromatic rings. The smallest absolute Gasteiger partial charge is 0.236 e. The third-order valence-corrected chi connectivity index (χ3v) is 4.34. The highest BCUT2D eigenvalue weighted by atomic mass is 16.2. The van der Waals surface area contributed by atoms with Gasteiger partial charge >= 0.3 is 0 Å². The summed E-state index contributed by atoms with van der Waals surface area (Å²) >= 11 is 0. The summed E-state index contributed by atoms with van der Waals surface area (Å²) in [5.41, 5.74) is 3.59. The van der Waals surface area contributed by atoms with Crippen LogP contribution in [0.4, 0.5) is 5.69 Å². The summed E-state index contributed by atoms with van der Waals surface area (Å²) in [7, 11) is 0. The zero-order valence-corrected chi connectivity index (χ0v) is 10.6. The summed E-state index contributed by atoms with van der Waals surface area (Å²) in [5.74, 6) is 0.318. The number of carbonyl (C=O) groups excluding carboxylic acids is 1. The van der Waals surface area contributed by atoms with Gasteiger partial charge in [-0.15, -0.1) is 0 Å². The van der Waals surface area contributed by atoms with Crippen LogP contribution < -0.4 is 4.90 Å². The van der Waals surface area contributed by atoms with Crippen molar-refractivity contribution < 1.29 is 4.79 Å². The van der Waals surface area contributed by atoms with E-state index >= 15 is 0 Å². The number of β-lactam (4-membered cyclic amide) rings is 1. The third kappa shape index (κ3) is 1.46. The molecule has 0 spiro atoms. The zero-order chi connectivity index (χ0) is 12.8. The van der Waals surface area contributed by atoms with Gasteiger partial charge < -0.3 is 4.90 Å². The lowest BCUT2D eigenvalue weighted by Gasteiger charge is -2.50. The zero-order valence-electron chi connectivity index (χ0n) is 10.6. The van der Waals surface area contributed by atoms with E-state index in [0.29, 0.717) is 6.04 Å². The van der Waals surface area contributed by atoms with E-state index in [0.717, 1.165) is 24.1 Å². The average Bonchev–Trinajstić information content (AvgIpc) is 2.46.